The third-order valence-electron chi connectivity index (χ3n) is 7.79. The highest BCUT2D eigenvalue weighted by Crippen LogP contribution is 2.14. The number of ether oxygens (including phenoxy) is 2. The second-order valence-electron chi connectivity index (χ2n) is 13.0. The molecule has 0 saturated heterocycles. The average Bonchev–Trinajstić information content (AvgIpc) is 3.06. The highest BCUT2D eigenvalue weighted by Gasteiger charge is 2.15. The molecule has 0 aliphatic heterocycles. The van der Waals surface area contributed by atoms with Crippen molar-refractivity contribution >= 4 is 11.9 Å². The van der Waals surface area contributed by atoms with E-state index in [1.54, 1.807) is 6.08 Å². The maximum atomic E-state index is 12.1. The predicted octanol–water partition coefficient (Wildman–Crippen LogP) is 10.6. The minimum atomic E-state index is -0.814. The molecule has 0 fully saturated rings. The molecule has 1 unspecified atom stereocenters. The highest BCUT2D eigenvalue weighted by atomic mass is 16.6. The Hall–Kier alpha value is -2.70. The fourth-order valence-electron chi connectivity index (χ4n) is 4.91. The summed E-state index contributed by atoms with van der Waals surface area (Å²) in [6.07, 6.45) is 43.0. The number of hydrogen-bond acceptors (Lipinski definition) is 6. The lowest BCUT2D eigenvalue weighted by Crippen LogP contribution is -2.28. The summed E-state index contributed by atoms with van der Waals surface area (Å²) in [5.41, 5.74) is 0. The molecule has 0 aromatic carbocycles. The molecule has 0 saturated carbocycles. The Morgan fingerprint density at radius 2 is 1.21 bits per heavy atom. The number of unbranched alkanes of at least 4 members (excludes halogenated alkanes) is 10. The van der Waals surface area contributed by atoms with Gasteiger partial charge in [0.25, 0.3) is 0 Å². The van der Waals surface area contributed by atoms with Crippen LogP contribution in [0.4, 0.5) is 0 Å². The second kappa shape index (κ2) is 35.6. The number of carbonyl (C=O) groups excluding carboxylic acids is 2. The molecule has 2 N–H and O–H groups in total. The van der Waals surface area contributed by atoms with Crippen molar-refractivity contribution in [3.05, 3.63) is 72.9 Å². The van der Waals surface area contributed by atoms with Crippen LogP contribution in [0.5, 0.6) is 0 Å². The monoisotopic (exact) mass is 671 g/mol. The Kier molecular flexibility index (Phi) is 33.6. The van der Waals surface area contributed by atoms with Gasteiger partial charge in [-0.1, -0.05) is 164 Å². The van der Waals surface area contributed by atoms with Gasteiger partial charge in [0.2, 0.25) is 0 Å². The SMILES string of the molecule is CC/C=C\CC(O)/C=C/C=C/C/C=C\C/C=C\C/C=C\CCC(=O)OC[C@H](CO)OC(=O)CCCCCCCCCCCCCC(C)C. The van der Waals surface area contributed by atoms with Crippen LogP contribution < -0.4 is 0 Å². The maximum Gasteiger partial charge on any atom is 0.306 e. The molecule has 2 atom stereocenters. The number of hydrogen-bond donors (Lipinski definition) is 2. The third kappa shape index (κ3) is 34.6. The molecular formula is C42H70O6. The second-order valence-corrected chi connectivity index (χ2v) is 13.0. The Bertz CT molecular complexity index is 926. The van der Waals surface area contributed by atoms with Crippen molar-refractivity contribution in [2.75, 3.05) is 13.2 Å². The molecular weight excluding hydrogens is 600 g/mol. The van der Waals surface area contributed by atoms with Gasteiger partial charge >= 0.3 is 11.9 Å². The summed E-state index contributed by atoms with van der Waals surface area (Å²) in [7, 11) is 0. The molecule has 0 aromatic heterocycles. The molecule has 0 aromatic rings. The van der Waals surface area contributed by atoms with Crippen LogP contribution in [0.15, 0.2) is 72.9 Å². The molecule has 274 valence electrons. The predicted molar refractivity (Wildman–Crippen MR) is 202 cm³/mol. The minimum absolute atomic E-state index is 0.120. The van der Waals surface area contributed by atoms with Crippen molar-refractivity contribution in [1.29, 1.82) is 0 Å². The largest absolute Gasteiger partial charge is 0.462 e. The van der Waals surface area contributed by atoms with E-state index in [2.05, 4.69) is 57.2 Å². The molecule has 6 nitrogen and oxygen atoms in total. The molecule has 0 rings (SSSR count). The molecule has 0 aliphatic carbocycles. The van der Waals surface area contributed by atoms with Crippen molar-refractivity contribution in [2.45, 2.75) is 161 Å². The molecule has 0 aliphatic rings. The summed E-state index contributed by atoms with van der Waals surface area (Å²) in [4.78, 5) is 24.2. The van der Waals surface area contributed by atoms with E-state index in [0.29, 0.717) is 19.3 Å². The molecule has 6 heteroatoms. The first-order chi connectivity index (χ1) is 23.4. The van der Waals surface area contributed by atoms with Crippen molar-refractivity contribution in [3.63, 3.8) is 0 Å². The van der Waals surface area contributed by atoms with Crippen molar-refractivity contribution in [2.24, 2.45) is 5.92 Å². The van der Waals surface area contributed by atoms with E-state index in [4.69, 9.17) is 9.47 Å². The van der Waals surface area contributed by atoms with Gasteiger partial charge < -0.3 is 19.7 Å². The van der Waals surface area contributed by atoms with E-state index in [1.165, 1.54) is 57.8 Å². The first kappa shape index (κ1) is 45.3. The molecule has 0 amide bonds. The van der Waals surface area contributed by atoms with Gasteiger partial charge in [-0.15, -0.1) is 0 Å². The van der Waals surface area contributed by atoms with Gasteiger partial charge in [0.15, 0.2) is 6.10 Å². The Morgan fingerprint density at radius 3 is 1.79 bits per heavy atom. The van der Waals surface area contributed by atoms with Crippen LogP contribution in [-0.2, 0) is 19.1 Å². The zero-order valence-corrected chi connectivity index (χ0v) is 30.7. The van der Waals surface area contributed by atoms with E-state index in [1.807, 2.05) is 30.4 Å². The summed E-state index contributed by atoms with van der Waals surface area (Å²) >= 11 is 0. The Labute approximate surface area is 294 Å². The summed E-state index contributed by atoms with van der Waals surface area (Å²) < 4.78 is 10.5. The normalized spacial score (nSPS) is 13.8. The quantitative estimate of drug-likeness (QED) is 0.0320. The van der Waals surface area contributed by atoms with Gasteiger partial charge in [0.1, 0.15) is 6.61 Å². The summed E-state index contributed by atoms with van der Waals surface area (Å²) in [5.74, 6) is 0.109. The van der Waals surface area contributed by atoms with Crippen LogP contribution in [0.25, 0.3) is 0 Å². The van der Waals surface area contributed by atoms with Crippen LogP contribution in [0.3, 0.4) is 0 Å². The zero-order valence-electron chi connectivity index (χ0n) is 30.7. The number of aliphatic hydroxyl groups excluding tert-OH is 2. The van der Waals surface area contributed by atoms with Gasteiger partial charge in [0.05, 0.1) is 12.7 Å². The highest BCUT2D eigenvalue weighted by molar-refractivity contribution is 5.70. The van der Waals surface area contributed by atoms with Crippen LogP contribution >= 0.6 is 0 Å². The van der Waals surface area contributed by atoms with Gasteiger partial charge in [-0.05, 0) is 50.9 Å². The summed E-state index contributed by atoms with van der Waals surface area (Å²) in [6, 6.07) is 0. The zero-order chi connectivity index (χ0) is 35.3. The van der Waals surface area contributed by atoms with E-state index in [-0.39, 0.29) is 31.6 Å². The molecule has 0 radical (unpaired) electrons. The number of rotatable bonds is 32. The standard InChI is InChI=1S/C42H70O6/c1-4-5-26-32-39(44)33-28-23-19-15-11-7-6-8-12-16-20-24-29-34-41(45)47-37-40(36-43)48-42(46)35-30-25-21-17-13-9-10-14-18-22-27-31-38(2)3/h5,7-8,11-12,19-20,23-24,26,28,33,38-40,43-44H,4,6,9-10,13-18,21-22,25,27,29-32,34-37H2,1-3H3/b11-7-,12-8-,23-19+,24-20-,26-5-,33-28+/t39?,40-/m0/s1. The summed E-state index contributed by atoms with van der Waals surface area (Å²) in [5, 5.41) is 19.3. The van der Waals surface area contributed by atoms with Crippen molar-refractivity contribution in [3.8, 4) is 0 Å². The molecule has 48 heavy (non-hydrogen) atoms. The van der Waals surface area contributed by atoms with E-state index >= 15 is 0 Å². The fourth-order valence-corrected chi connectivity index (χ4v) is 4.91. The lowest BCUT2D eigenvalue weighted by Gasteiger charge is -2.15. The van der Waals surface area contributed by atoms with E-state index in [9.17, 15) is 19.8 Å². The molecule has 0 spiro atoms. The van der Waals surface area contributed by atoms with Gasteiger partial charge in [-0.2, -0.15) is 0 Å². The van der Waals surface area contributed by atoms with Crippen LogP contribution in [0.2, 0.25) is 0 Å². The lowest BCUT2D eigenvalue weighted by atomic mass is 10.0. The van der Waals surface area contributed by atoms with E-state index < -0.39 is 12.2 Å². The number of allylic oxidation sites excluding steroid dienone is 10. The smallest absolute Gasteiger partial charge is 0.306 e. The fraction of sp³-hybridized carbons (Fsp3) is 0.667. The van der Waals surface area contributed by atoms with E-state index in [0.717, 1.165) is 50.9 Å². The number of aliphatic hydroxyl groups is 2. The minimum Gasteiger partial charge on any atom is -0.462 e. The van der Waals surface area contributed by atoms with Crippen LogP contribution in [0, 0.1) is 5.92 Å². The van der Waals surface area contributed by atoms with Gasteiger partial charge in [0, 0.05) is 12.8 Å². The number of esters is 2. The van der Waals surface area contributed by atoms with Gasteiger partial charge in [-0.25, -0.2) is 0 Å². The van der Waals surface area contributed by atoms with Crippen molar-refractivity contribution < 1.29 is 29.3 Å². The first-order valence-electron chi connectivity index (χ1n) is 19.0. The van der Waals surface area contributed by atoms with Crippen LogP contribution in [0.1, 0.15) is 149 Å². The lowest BCUT2D eigenvalue weighted by molar-refractivity contribution is -0.161. The Balaban J connectivity index is 3.77. The third-order valence-corrected chi connectivity index (χ3v) is 7.79. The summed E-state index contributed by atoms with van der Waals surface area (Å²) in [6.45, 7) is 6.18. The van der Waals surface area contributed by atoms with Crippen LogP contribution in [-0.4, -0.2) is 47.6 Å². The van der Waals surface area contributed by atoms with Gasteiger partial charge in [-0.3, -0.25) is 9.59 Å². The maximum absolute atomic E-state index is 12.1. The first-order valence-corrected chi connectivity index (χ1v) is 19.0. The molecule has 0 bridgehead atoms. The number of carbonyl (C=O) groups is 2. The van der Waals surface area contributed by atoms with Crippen molar-refractivity contribution in [1.82, 2.24) is 0 Å². The topological polar surface area (TPSA) is 93.1 Å². The molecule has 0 heterocycles. The Morgan fingerprint density at radius 1 is 0.646 bits per heavy atom. The average molecular weight is 671 g/mol.